The number of sulfonamides is 1. The molecule has 0 saturated heterocycles. The van der Waals surface area contributed by atoms with Crippen LogP contribution in [0.15, 0.2) is 29.2 Å². The summed E-state index contributed by atoms with van der Waals surface area (Å²) < 4.78 is 77.8. The highest BCUT2D eigenvalue weighted by Gasteiger charge is 2.58. The predicted octanol–water partition coefficient (Wildman–Crippen LogP) is 1.56. The number of benzene rings is 1. The van der Waals surface area contributed by atoms with Crippen molar-refractivity contribution in [3.05, 3.63) is 30.1 Å². The molecule has 1 amide bonds. The Morgan fingerprint density at radius 1 is 1.27 bits per heavy atom. The average Bonchev–Trinajstić information content (AvgIpc) is 2.37. The summed E-state index contributed by atoms with van der Waals surface area (Å²) in [5.74, 6) is -2.49. The van der Waals surface area contributed by atoms with Crippen LogP contribution in [0.25, 0.3) is 0 Å². The van der Waals surface area contributed by atoms with Gasteiger partial charge in [-0.1, -0.05) is 6.07 Å². The normalized spacial score (nSPS) is 15.2. The van der Waals surface area contributed by atoms with E-state index in [4.69, 9.17) is 0 Å². The average molecular weight is 342 g/mol. The number of carbonyl (C=O) groups is 1. The lowest BCUT2D eigenvalue weighted by Crippen LogP contribution is -2.65. The zero-order chi connectivity index (χ0) is 17.2. The molecule has 0 aliphatic rings. The van der Waals surface area contributed by atoms with Crippen LogP contribution in [-0.4, -0.2) is 32.6 Å². The molecule has 1 aromatic rings. The molecule has 1 aromatic carbocycles. The van der Waals surface area contributed by atoms with Gasteiger partial charge in [-0.2, -0.15) is 17.9 Å². The van der Waals surface area contributed by atoms with E-state index in [-0.39, 0.29) is 6.54 Å². The second kappa shape index (κ2) is 6.21. The Labute approximate surface area is 124 Å². The van der Waals surface area contributed by atoms with Crippen LogP contribution in [0, 0.1) is 5.82 Å². The molecule has 0 heterocycles. The largest absolute Gasteiger partial charge is 0.416 e. The van der Waals surface area contributed by atoms with E-state index in [1.165, 1.54) is 11.6 Å². The third-order valence-corrected chi connectivity index (χ3v) is 4.35. The van der Waals surface area contributed by atoms with Crippen molar-refractivity contribution in [1.82, 2.24) is 10.0 Å². The first kappa shape index (κ1) is 18.4. The molecule has 1 rings (SSSR count). The number of rotatable bonds is 5. The highest BCUT2D eigenvalue weighted by molar-refractivity contribution is 7.89. The third kappa shape index (κ3) is 3.74. The third-order valence-electron chi connectivity index (χ3n) is 2.80. The first-order chi connectivity index (χ1) is 9.94. The van der Waals surface area contributed by atoms with E-state index in [2.05, 4.69) is 0 Å². The van der Waals surface area contributed by atoms with Crippen molar-refractivity contribution in [3.63, 3.8) is 0 Å². The summed E-state index contributed by atoms with van der Waals surface area (Å²) in [6.07, 6.45) is -5.19. The van der Waals surface area contributed by atoms with E-state index in [0.29, 0.717) is 13.0 Å². The Morgan fingerprint density at radius 3 is 2.32 bits per heavy atom. The highest BCUT2D eigenvalue weighted by Crippen LogP contribution is 2.32. The number of likely N-dealkylation sites (N-methyl/N-ethyl adjacent to an activating group) is 1. The molecule has 2 N–H and O–H groups in total. The summed E-state index contributed by atoms with van der Waals surface area (Å²) in [5.41, 5.74) is -3.38. The zero-order valence-corrected chi connectivity index (χ0v) is 12.5. The maximum atomic E-state index is 13.1. The minimum Gasteiger partial charge on any atom is -0.354 e. The maximum Gasteiger partial charge on any atom is 0.416 e. The van der Waals surface area contributed by atoms with Gasteiger partial charge >= 0.3 is 6.18 Å². The van der Waals surface area contributed by atoms with Crippen molar-refractivity contribution >= 4 is 15.9 Å². The minimum atomic E-state index is -5.19. The second-order valence-corrected chi connectivity index (χ2v) is 6.23. The van der Waals surface area contributed by atoms with Gasteiger partial charge in [-0.05, 0) is 32.0 Å². The Bertz CT molecular complexity index is 661. The fourth-order valence-electron chi connectivity index (χ4n) is 1.53. The molecule has 22 heavy (non-hydrogen) atoms. The van der Waals surface area contributed by atoms with Gasteiger partial charge in [0.05, 0.1) is 4.90 Å². The van der Waals surface area contributed by atoms with Gasteiger partial charge in [0.2, 0.25) is 21.5 Å². The lowest BCUT2D eigenvalue weighted by Gasteiger charge is -2.31. The Morgan fingerprint density at radius 2 is 1.86 bits per heavy atom. The molecule has 0 spiro atoms. The molecule has 10 heteroatoms. The molecule has 0 bridgehead atoms. The molecule has 5 nitrogen and oxygen atoms in total. The van der Waals surface area contributed by atoms with Crippen molar-refractivity contribution < 1.29 is 30.8 Å². The summed E-state index contributed by atoms with van der Waals surface area (Å²) >= 11 is 0. The highest BCUT2D eigenvalue weighted by atomic mass is 32.2. The van der Waals surface area contributed by atoms with E-state index in [0.717, 1.165) is 18.2 Å². The minimum absolute atomic E-state index is 0.119. The molecule has 1 unspecified atom stereocenters. The van der Waals surface area contributed by atoms with E-state index in [1.807, 2.05) is 5.32 Å². The quantitative estimate of drug-likeness (QED) is 0.798. The molecule has 0 fully saturated rings. The fraction of sp³-hybridized carbons (Fsp3) is 0.417. The molecule has 0 saturated carbocycles. The van der Waals surface area contributed by atoms with Crippen LogP contribution in [0.5, 0.6) is 0 Å². The molecule has 0 aliphatic heterocycles. The van der Waals surface area contributed by atoms with Crippen molar-refractivity contribution in [1.29, 1.82) is 0 Å². The van der Waals surface area contributed by atoms with Gasteiger partial charge in [-0.15, -0.1) is 0 Å². The number of nitrogens with one attached hydrogen (secondary N) is 2. The Balaban J connectivity index is 3.28. The second-order valence-electron chi connectivity index (χ2n) is 4.55. The lowest BCUT2D eigenvalue weighted by molar-refractivity contribution is -0.191. The molecule has 0 radical (unpaired) electrons. The topological polar surface area (TPSA) is 75.3 Å². The van der Waals surface area contributed by atoms with E-state index >= 15 is 0 Å². The van der Waals surface area contributed by atoms with Crippen LogP contribution in [0.3, 0.4) is 0 Å². The van der Waals surface area contributed by atoms with Crippen molar-refractivity contribution in [2.45, 2.75) is 30.5 Å². The van der Waals surface area contributed by atoms with E-state index < -0.39 is 38.4 Å². The number of alkyl halides is 3. The van der Waals surface area contributed by atoms with Crippen LogP contribution in [-0.2, 0) is 14.8 Å². The first-order valence-electron chi connectivity index (χ1n) is 6.08. The number of hydrogen-bond donors (Lipinski definition) is 2. The molecule has 124 valence electrons. The van der Waals surface area contributed by atoms with E-state index in [9.17, 15) is 30.8 Å². The van der Waals surface area contributed by atoms with Crippen molar-refractivity contribution in [2.75, 3.05) is 6.54 Å². The van der Waals surface area contributed by atoms with Gasteiger partial charge in [-0.25, -0.2) is 12.8 Å². The zero-order valence-electron chi connectivity index (χ0n) is 11.7. The standard InChI is InChI=1S/C12H14F4N2O3S/c1-3-17-10(19)11(2,12(14,15)16)18-22(20,21)9-6-4-5-8(13)7-9/h4-7,18H,3H2,1-2H3,(H,17,19). The van der Waals surface area contributed by atoms with Gasteiger partial charge in [-0.3, -0.25) is 4.79 Å². The maximum absolute atomic E-state index is 13.1. The van der Waals surface area contributed by atoms with Gasteiger partial charge in [0, 0.05) is 6.54 Å². The van der Waals surface area contributed by atoms with Crippen LogP contribution >= 0.6 is 0 Å². The van der Waals surface area contributed by atoms with Crippen LogP contribution in [0.1, 0.15) is 13.8 Å². The van der Waals surface area contributed by atoms with Gasteiger partial charge in [0.15, 0.2) is 0 Å². The number of hydrogen-bond acceptors (Lipinski definition) is 3. The Hall–Kier alpha value is -1.68. The summed E-state index contributed by atoms with van der Waals surface area (Å²) in [5, 5.41) is 1.92. The molecular formula is C12H14F4N2O3S. The number of carbonyl (C=O) groups excluding carboxylic acids is 1. The van der Waals surface area contributed by atoms with Crippen molar-refractivity contribution in [2.24, 2.45) is 0 Å². The molecule has 0 aliphatic carbocycles. The smallest absolute Gasteiger partial charge is 0.354 e. The number of amides is 1. The monoisotopic (exact) mass is 342 g/mol. The van der Waals surface area contributed by atoms with Crippen LogP contribution in [0.2, 0.25) is 0 Å². The van der Waals surface area contributed by atoms with E-state index in [1.54, 1.807) is 0 Å². The van der Waals surface area contributed by atoms with Gasteiger partial charge < -0.3 is 5.32 Å². The number of halogens is 4. The van der Waals surface area contributed by atoms with Crippen LogP contribution < -0.4 is 10.0 Å². The summed E-state index contributed by atoms with van der Waals surface area (Å²) in [4.78, 5) is 10.9. The lowest BCUT2D eigenvalue weighted by atomic mass is 10.0. The molecule has 0 aromatic heterocycles. The summed E-state index contributed by atoms with van der Waals surface area (Å²) in [6, 6.07) is 3.43. The Kier molecular flexibility index (Phi) is 5.18. The predicted molar refractivity (Wildman–Crippen MR) is 69.9 cm³/mol. The van der Waals surface area contributed by atoms with Crippen molar-refractivity contribution in [3.8, 4) is 0 Å². The van der Waals surface area contributed by atoms with Crippen LogP contribution in [0.4, 0.5) is 17.6 Å². The SMILES string of the molecule is CCNC(=O)C(C)(NS(=O)(=O)c1cccc(F)c1)C(F)(F)F. The van der Waals surface area contributed by atoms with Gasteiger partial charge in [0.25, 0.3) is 0 Å². The molecule has 1 atom stereocenters. The molecular weight excluding hydrogens is 328 g/mol. The first-order valence-corrected chi connectivity index (χ1v) is 7.57. The summed E-state index contributed by atoms with van der Waals surface area (Å²) in [7, 11) is -4.76. The summed E-state index contributed by atoms with van der Waals surface area (Å²) in [6.45, 7) is 1.66. The van der Waals surface area contributed by atoms with Gasteiger partial charge in [0.1, 0.15) is 5.82 Å². The fourth-order valence-corrected chi connectivity index (χ4v) is 2.92.